The molecule has 6 nitrogen and oxygen atoms in total. The SMILES string of the molecule is C[N+](C)(C)CCO.Cl.O=P(O)(O)O.[CaH2]. The Bertz CT molecular complexity index is 150. The third-order valence-electron chi connectivity index (χ3n) is 0.771. The van der Waals surface area contributed by atoms with E-state index in [1.54, 1.807) is 0 Å². The fourth-order valence-corrected chi connectivity index (χ4v) is 0.300. The Balaban J connectivity index is -0.0000000651. The number of hydrogen-bond acceptors (Lipinski definition) is 2. The summed E-state index contributed by atoms with van der Waals surface area (Å²) in [4.78, 5) is 21.6. The zero-order chi connectivity index (χ0) is 10.4. The van der Waals surface area contributed by atoms with Crippen LogP contribution in [0.5, 0.6) is 0 Å². The predicted molar refractivity (Wildman–Crippen MR) is 60.0 cm³/mol. The second-order valence-electron chi connectivity index (χ2n) is 3.25. The number of nitrogens with zero attached hydrogens (tertiary/aromatic N) is 1. The number of rotatable bonds is 2. The van der Waals surface area contributed by atoms with Gasteiger partial charge in [0.25, 0.3) is 0 Å². The van der Waals surface area contributed by atoms with Crippen molar-refractivity contribution >= 4 is 58.0 Å². The molecule has 0 aliphatic carbocycles. The predicted octanol–water partition coefficient (Wildman–Crippen LogP) is -1.74. The van der Waals surface area contributed by atoms with E-state index in [4.69, 9.17) is 24.4 Å². The molecule has 0 aromatic heterocycles. The van der Waals surface area contributed by atoms with Crippen molar-refractivity contribution in [1.82, 2.24) is 0 Å². The van der Waals surface area contributed by atoms with Crippen molar-refractivity contribution in [2.24, 2.45) is 0 Å². The maximum atomic E-state index is 8.88. The second-order valence-corrected chi connectivity index (χ2v) is 4.28. The first-order valence-corrected chi connectivity index (χ1v) is 4.82. The number of aliphatic hydroxyl groups excluding tert-OH is 1. The van der Waals surface area contributed by atoms with E-state index in [-0.39, 0.29) is 56.8 Å². The van der Waals surface area contributed by atoms with E-state index in [1.165, 1.54) is 0 Å². The third-order valence-corrected chi connectivity index (χ3v) is 0.771. The Morgan fingerprint density at radius 1 is 1.14 bits per heavy atom. The van der Waals surface area contributed by atoms with Gasteiger partial charge in [-0.2, -0.15) is 0 Å². The van der Waals surface area contributed by atoms with Crippen LogP contribution in [0.2, 0.25) is 0 Å². The summed E-state index contributed by atoms with van der Waals surface area (Å²) >= 11 is 0. The number of hydrogen-bond donors (Lipinski definition) is 4. The third kappa shape index (κ3) is 69.0. The number of quaternary nitrogens is 1. The van der Waals surface area contributed by atoms with E-state index < -0.39 is 7.82 Å². The van der Waals surface area contributed by atoms with E-state index in [1.807, 2.05) is 0 Å². The van der Waals surface area contributed by atoms with Crippen LogP contribution in [0.1, 0.15) is 0 Å². The van der Waals surface area contributed by atoms with Gasteiger partial charge in [0.15, 0.2) is 0 Å². The van der Waals surface area contributed by atoms with Crippen LogP contribution >= 0.6 is 20.2 Å². The topological polar surface area (TPSA) is 98.0 Å². The summed E-state index contributed by atoms with van der Waals surface area (Å²) in [6.45, 7) is 1.11. The normalized spacial score (nSPS) is 10.2. The standard InChI is InChI=1S/C5H14NO.Ca.ClH.H3O4P.2H/c1-6(2,3)4-5-7;;;1-5(2,3)4;;/h7H,4-5H2,1-3H3;;1H;(H3,1,2,3,4);;/q+1;;;;;. The van der Waals surface area contributed by atoms with Crippen molar-refractivity contribution < 1.29 is 28.8 Å². The van der Waals surface area contributed by atoms with Crippen LogP contribution in [-0.2, 0) is 4.57 Å². The molecule has 0 bridgehead atoms. The summed E-state index contributed by atoms with van der Waals surface area (Å²) in [5.74, 6) is 0. The molecular formula is C5H20CaClNO5P+. The molecule has 88 valence electrons. The maximum absolute atomic E-state index is 8.88. The molecule has 4 N–H and O–H groups in total. The fraction of sp³-hybridized carbons (Fsp3) is 1.00. The first-order chi connectivity index (χ1) is 5.06. The number of aliphatic hydroxyl groups is 1. The van der Waals surface area contributed by atoms with Gasteiger partial charge in [-0.05, 0) is 0 Å². The van der Waals surface area contributed by atoms with Crippen molar-refractivity contribution in [1.29, 1.82) is 0 Å². The van der Waals surface area contributed by atoms with Crippen molar-refractivity contribution in [3.8, 4) is 0 Å². The Morgan fingerprint density at radius 3 is 1.36 bits per heavy atom. The summed E-state index contributed by atoms with van der Waals surface area (Å²) in [6, 6.07) is 0. The first kappa shape index (κ1) is 24.7. The zero-order valence-electron chi connectivity index (χ0n) is 7.91. The molecule has 0 fully saturated rings. The van der Waals surface area contributed by atoms with E-state index >= 15 is 0 Å². The molecule has 0 aliphatic rings. The monoisotopic (exact) mass is 280 g/mol. The average Bonchev–Trinajstić information content (AvgIpc) is 1.54. The van der Waals surface area contributed by atoms with Crippen molar-refractivity contribution in [2.45, 2.75) is 0 Å². The molecule has 0 saturated heterocycles. The van der Waals surface area contributed by atoms with Crippen LogP contribution in [0.3, 0.4) is 0 Å². The Labute approximate surface area is 120 Å². The van der Waals surface area contributed by atoms with E-state index in [0.29, 0.717) is 0 Å². The zero-order valence-corrected chi connectivity index (χ0v) is 9.62. The molecule has 0 rings (SSSR count). The molecule has 0 heterocycles. The van der Waals surface area contributed by atoms with Crippen LogP contribution in [0.25, 0.3) is 0 Å². The quantitative estimate of drug-likeness (QED) is 0.274. The molecule has 9 heteroatoms. The van der Waals surface area contributed by atoms with Crippen LogP contribution in [0, 0.1) is 0 Å². The molecule has 0 spiro atoms. The molecule has 0 aromatic rings. The van der Waals surface area contributed by atoms with E-state index in [0.717, 1.165) is 11.0 Å². The number of halogens is 1. The second kappa shape index (κ2) is 11.1. The Morgan fingerprint density at radius 2 is 1.36 bits per heavy atom. The Hall–Kier alpha value is 1.58. The molecule has 0 amide bonds. The van der Waals surface area contributed by atoms with Gasteiger partial charge in [0.2, 0.25) is 0 Å². The summed E-state index contributed by atoms with van der Waals surface area (Å²) in [5.41, 5.74) is 0. The van der Waals surface area contributed by atoms with Gasteiger partial charge in [0, 0.05) is 0 Å². The summed E-state index contributed by atoms with van der Waals surface area (Å²) < 4.78 is 9.73. The van der Waals surface area contributed by atoms with Crippen molar-refractivity contribution in [3.05, 3.63) is 0 Å². The number of phosphoric acid groups is 1. The molecular weight excluding hydrogens is 261 g/mol. The van der Waals surface area contributed by atoms with Gasteiger partial charge in [-0.25, -0.2) is 4.57 Å². The van der Waals surface area contributed by atoms with Gasteiger partial charge in [-0.15, -0.1) is 12.4 Å². The average molecular weight is 281 g/mol. The van der Waals surface area contributed by atoms with Crippen LogP contribution in [0.15, 0.2) is 0 Å². The molecule has 14 heavy (non-hydrogen) atoms. The van der Waals surface area contributed by atoms with Gasteiger partial charge in [-0.1, -0.05) is 0 Å². The van der Waals surface area contributed by atoms with E-state index in [9.17, 15) is 0 Å². The Kier molecular flexibility index (Phi) is 19.5. The van der Waals surface area contributed by atoms with Gasteiger partial charge in [0.05, 0.1) is 27.7 Å². The van der Waals surface area contributed by atoms with Crippen LogP contribution < -0.4 is 0 Å². The van der Waals surface area contributed by atoms with Gasteiger partial charge < -0.3 is 24.3 Å². The first-order valence-electron chi connectivity index (χ1n) is 3.26. The van der Waals surface area contributed by atoms with Crippen molar-refractivity contribution in [2.75, 3.05) is 34.3 Å². The van der Waals surface area contributed by atoms with Gasteiger partial charge in [0.1, 0.15) is 6.54 Å². The molecule has 0 aliphatic heterocycles. The molecule has 0 saturated carbocycles. The summed E-state index contributed by atoms with van der Waals surface area (Å²) in [5, 5.41) is 8.39. The van der Waals surface area contributed by atoms with Crippen molar-refractivity contribution in [3.63, 3.8) is 0 Å². The summed E-state index contributed by atoms with van der Waals surface area (Å²) in [6.07, 6.45) is 0. The van der Waals surface area contributed by atoms with Crippen LogP contribution in [0.4, 0.5) is 0 Å². The molecule has 0 atom stereocenters. The molecule has 0 aromatic carbocycles. The van der Waals surface area contributed by atoms with Gasteiger partial charge in [-0.3, -0.25) is 0 Å². The number of likely N-dealkylation sites (N-methyl/N-ethyl adjacent to an activating group) is 1. The molecule has 0 radical (unpaired) electrons. The molecule has 0 unspecified atom stereocenters. The van der Waals surface area contributed by atoms with Gasteiger partial charge >= 0.3 is 45.6 Å². The fourth-order valence-electron chi connectivity index (χ4n) is 0.300. The van der Waals surface area contributed by atoms with Crippen LogP contribution in [-0.4, -0.2) is 96.3 Å². The summed E-state index contributed by atoms with van der Waals surface area (Å²) in [7, 11) is 1.52. The van der Waals surface area contributed by atoms with E-state index in [2.05, 4.69) is 21.1 Å². The minimum atomic E-state index is -4.64. The minimum absolute atomic E-state index is 0.